The lowest BCUT2D eigenvalue weighted by molar-refractivity contribution is 0.131. The number of hydrogen-bond donors (Lipinski definition) is 0. The molecule has 0 N–H and O–H groups in total. The van der Waals surface area contributed by atoms with Crippen LogP contribution in [0.25, 0.3) is 0 Å². The molecule has 4 heterocycles. The molecule has 2 aromatic rings. The molecule has 3 unspecified atom stereocenters. The molecule has 4 rings (SSSR count). The highest BCUT2D eigenvalue weighted by molar-refractivity contribution is 7.10. The van der Waals surface area contributed by atoms with Gasteiger partial charge in [0.25, 0.3) is 11.8 Å². The van der Waals surface area contributed by atoms with Crippen molar-refractivity contribution in [2.24, 2.45) is 5.92 Å². The van der Waals surface area contributed by atoms with Gasteiger partial charge < -0.3 is 9.47 Å². The lowest BCUT2D eigenvalue weighted by atomic mass is 10.0. The molecular weight excluding hydrogens is 320 g/mol. The van der Waals surface area contributed by atoms with Gasteiger partial charge in [-0.15, -0.1) is 20.1 Å². The maximum Gasteiger partial charge on any atom is 0.292 e. The van der Waals surface area contributed by atoms with Crippen molar-refractivity contribution < 1.29 is 9.47 Å². The van der Waals surface area contributed by atoms with Crippen molar-refractivity contribution in [3.8, 4) is 23.6 Å². The van der Waals surface area contributed by atoms with E-state index in [2.05, 4.69) is 30.5 Å². The van der Waals surface area contributed by atoms with E-state index in [1.807, 2.05) is 5.38 Å². The average Bonchev–Trinajstić information content (AvgIpc) is 3.30. The smallest absolute Gasteiger partial charge is 0.292 e. The molecule has 0 saturated carbocycles. The fourth-order valence-electron chi connectivity index (χ4n) is 2.85. The highest BCUT2D eigenvalue weighted by Gasteiger charge is 2.40. The molecule has 2 fully saturated rings. The zero-order valence-electron chi connectivity index (χ0n) is 11.8. The molecule has 2 aliphatic heterocycles. The van der Waals surface area contributed by atoms with Gasteiger partial charge in [-0.25, -0.2) is 4.98 Å². The van der Waals surface area contributed by atoms with Crippen LogP contribution in [0.15, 0.2) is 11.6 Å². The summed E-state index contributed by atoms with van der Waals surface area (Å²) in [5, 5.41) is 2.68. The Morgan fingerprint density at radius 2 is 2.27 bits per heavy atom. The Kier molecular flexibility index (Phi) is 3.93. The second-order valence-corrected chi connectivity index (χ2v) is 6.69. The van der Waals surface area contributed by atoms with Gasteiger partial charge in [0.15, 0.2) is 11.6 Å². The maximum absolute atomic E-state index is 5.99. The molecule has 2 aromatic heterocycles. The molecule has 0 spiro atoms. The number of nitrogens with zero attached hydrogens (tertiary/aromatic N) is 4. The first-order valence-electron chi connectivity index (χ1n) is 7.11. The Labute approximate surface area is 136 Å². The third-order valence-electron chi connectivity index (χ3n) is 3.87. The minimum Gasteiger partial charge on any atom is -0.468 e. The highest BCUT2D eigenvalue weighted by Crippen LogP contribution is 2.33. The second-order valence-electron chi connectivity index (χ2n) is 5.27. The number of ether oxygens (including phenoxy) is 2. The molecule has 0 amide bonds. The van der Waals surface area contributed by atoms with Crippen molar-refractivity contribution in [1.82, 2.24) is 18.6 Å². The van der Waals surface area contributed by atoms with Gasteiger partial charge >= 0.3 is 0 Å². The van der Waals surface area contributed by atoms with Crippen LogP contribution >= 0.6 is 23.1 Å². The van der Waals surface area contributed by atoms with Crippen molar-refractivity contribution in [2.45, 2.75) is 12.5 Å². The molecule has 22 heavy (non-hydrogen) atoms. The first-order valence-corrected chi connectivity index (χ1v) is 8.72. The van der Waals surface area contributed by atoms with E-state index in [1.54, 1.807) is 6.20 Å². The molecule has 3 atom stereocenters. The summed E-state index contributed by atoms with van der Waals surface area (Å²) < 4.78 is 19.9. The highest BCUT2D eigenvalue weighted by atomic mass is 32.1. The lowest BCUT2D eigenvalue weighted by Crippen LogP contribution is -2.32. The zero-order valence-corrected chi connectivity index (χ0v) is 13.4. The third-order valence-corrected chi connectivity index (χ3v) is 5.06. The normalized spacial score (nSPS) is 25.7. The van der Waals surface area contributed by atoms with E-state index in [0.717, 1.165) is 29.8 Å². The Morgan fingerprint density at radius 3 is 3.05 bits per heavy atom. The van der Waals surface area contributed by atoms with Crippen LogP contribution in [0, 0.1) is 17.8 Å². The summed E-state index contributed by atoms with van der Waals surface area (Å²) in [6.07, 6.45) is 3.15. The molecule has 8 heteroatoms. The number of aromatic nitrogens is 3. The number of thiazole rings is 1. The van der Waals surface area contributed by atoms with Gasteiger partial charge in [-0.2, -0.15) is 0 Å². The number of hydrogen-bond acceptors (Lipinski definition) is 8. The fourth-order valence-corrected chi connectivity index (χ4v) is 3.79. The average molecular weight is 334 g/mol. The number of rotatable bonds is 4. The monoisotopic (exact) mass is 334 g/mol. The van der Waals surface area contributed by atoms with E-state index in [1.165, 1.54) is 24.3 Å². The molecule has 6 nitrogen and oxygen atoms in total. The van der Waals surface area contributed by atoms with Crippen LogP contribution in [0.3, 0.4) is 0 Å². The quantitative estimate of drug-likeness (QED) is 0.790. The van der Waals surface area contributed by atoms with E-state index < -0.39 is 0 Å². The first-order chi connectivity index (χ1) is 10.9. The van der Waals surface area contributed by atoms with Crippen LogP contribution in [0.1, 0.15) is 11.4 Å². The SMILES string of the molecule is C(#Cc1nccs1)COc1nsnc1OC1CN2CCC1C2. The van der Waals surface area contributed by atoms with Gasteiger partial charge in [0.05, 0.1) is 11.7 Å². The van der Waals surface area contributed by atoms with Crippen molar-refractivity contribution in [3.05, 3.63) is 16.6 Å². The van der Waals surface area contributed by atoms with Gasteiger partial charge in [-0.05, 0) is 18.9 Å². The first kappa shape index (κ1) is 13.9. The molecular formula is C14H14N4O2S2. The molecule has 2 aliphatic rings. The van der Waals surface area contributed by atoms with Gasteiger partial charge in [-0.3, -0.25) is 4.90 Å². The van der Waals surface area contributed by atoms with Crippen molar-refractivity contribution >= 4 is 23.1 Å². The predicted molar refractivity (Wildman–Crippen MR) is 83.4 cm³/mol. The van der Waals surface area contributed by atoms with E-state index in [0.29, 0.717) is 17.7 Å². The minimum absolute atomic E-state index is 0.210. The van der Waals surface area contributed by atoms with Gasteiger partial charge in [-0.1, -0.05) is 5.92 Å². The van der Waals surface area contributed by atoms with Gasteiger partial charge in [0.2, 0.25) is 0 Å². The third kappa shape index (κ3) is 2.92. The summed E-state index contributed by atoms with van der Waals surface area (Å²) in [4.78, 5) is 6.52. The standard InChI is InChI=1S/C14H14N4O2S2/c1(2-12-15-4-7-21-12)6-19-13-14(17-22-16-13)20-11-9-18-5-3-10(11)8-18/h4,7,10-11H,3,5-6,8-9H2. The topological polar surface area (TPSA) is 60.4 Å². The molecule has 2 bridgehead atoms. The van der Waals surface area contributed by atoms with Crippen molar-refractivity contribution in [3.63, 3.8) is 0 Å². The summed E-state index contributed by atoms with van der Waals surface area (Å²) in [7, 11) is 0. The fraction of sp³-hybridized carbons (Fsp3) is 0.500. The zero-order chi connectivity index (χ0) is 14.8. The van der Waals surface area contributed by atoms with E-state index >= 15 is 0 Å². The maximum atomic E-state index is 5.99. The molecule has 2 saturated heterocycles. The molecule has 114 valence electrons. The van der Waals surface area contributed by atoms with Crippen LogP contribution in [0.5, 0.6) is 11.8 Å². The van der Waals surface area contributed by atoms with E-state index in [9.17, 15) is 0 Å². The van der Waals surface area contributed by atoms with E-state index in [-0.39, 0.29) is 12.7 Å². The van der Waals surface area contributed by atoms with Crippen LogP contribution in [0.4, 0.5) is 0 Å². The Morgan fingerprint density at radius 1 is 1.32 bits per heavy atom. The number of fused-ring (bicyclic) bond motifs is 2. The van der Waals surface area contributed by atoms with Crippen molar-refractivity contribution in [2.75, 3.05) is 26.2 Å². The Bertz CT molecular complexity index is 691. The largest absolute Gasteiger partial charge is 0.468 e. The van der Waals surface area contributed by atoms with Crippen LogP contribution in [-0.2, 0) is 0 Å². The van der Waals surface area contributed by atoms with Crippen LogP contribution < -0.4 is 9.47 Å². The summed E-state index contributed by atoms with van der Waals surface area (Å²) in [6, 6.07) is 0. The summed E-state index contributed by atoms with van der Waals surface area (Å²) in [5.74, 6) is 7.42. The minimum atomic E-state index is 0.210. The lowest BCUT2D eigenvalue weighted by Gasteiger charge is -2.22. The number of piperidine rings is 1. The molecule has 0 radical (unpaired) electrons. The van der Waals surface area contributed by atoms with Crippen LogP contribution in [-0.4, -0.2) is 51.0 Å². The molecule has 0 aliphatic carbocycles. The van der Waals surface area contributed by atoms with E-state index in [4.69, 9.17) is 9.47 Å². The Hall–Kier alpha value is -1.69. The van der Waals surface area contributed by atoms with Crippen molar-refractivity contribution in [1.29, 1.82) is 0 Å². The Balaban J connectivity index is 1.34. The second kappa shape index (κ2) is 6.20. The van der Waals surface area contributed by atoms with Crippen LogP contribution in [0.2, 0.25) is 0 Å². The molecule has 0 aromatic carbocycles. The van der Waals surface area contributed by atoms with Gasteiger partial charge in [0, 0.05) is 30.6 Å². The predicted octanol–water partition coefficient (Wildman–Crippen LogP) is 1.51. The summed E-state index contributed by atoms with van der Waals surface area (Å²) >= 11 is 2.61. The van der Waals surface area contributed by atoms with Gasteiger partial charge in [0.1, 0.15) is 6.10 Å². The summed E-state index contributed by atoms with van der Waals surface area (Å²) in [5.41, 5.74) is 0. The summed E-state index contributed by atoms with van der Waals surface area (Å²) in [6.45, 7) is 3.56.